The van der Waals surface area contributed by atoms with Crippen LogP contribution >= 0.6 is 0 Å². The lowest BCUT2D eigenvalue weighted by atomic mass is 10.1. The van der Waals surface area contributed by atoms with Gasteiger partial charge in [0.2, 0.25) is 0 Å². The van der Waals surface area contributed by atoms with Gasteiger partial charge in [-0.2, -0.15) is 0 Å². The van der Waals surface area contributed by atoms with E-state index in [9.17, 15) is 14.0 Å². The van der Waals surface area contributed by atoms with Crippen molar-refractivity contribution in [2.24, 2.45) is 0 Å². The molecule has 0 radical (unpaired) electrons. The maximum absolute atomic E-state index is 13.7. The standard InChI is InChI=1S/C24H19FO5/c1-28-18-12-14-23(29-2)20(15-18)22(26)13-9-16-7-10-17(11-8-16)30-24(27)19-5-3-4-6-21(19)25/h3-15H,1-2H3. The average Bonchev–Trinajstić information content (AvgIpc) is 2.78. The van der Waals surface area contributed by atoms with E-state index in [1.807, 2.05) is 0 Å². The highest BCUT2D eigenvalue weighted by atomic mass is 19.1. The Balaban J connectivity index is 1.70. The third-order valence-corrected chi connectivity index (χ3v) is 4.28. The minimum Gasteiger partial charge on any atom is -0.497 e. The van der Waals surface area contributed by atoms with Gasteiger partial charge in [0, 0.05) is 0 Å². The van der Waals surface area contributed by atoms with Gasteiger partial charge in [-0.3, -0.25) is 4.79 Å². The minimum atomic E-state index is -0.781. The first-order chi connectivity index (χ1) is 14.5. The van der Waals surface area contributed by atoms with Gasteiger partial charge in [0.1, 0.15) is 23.1 Å². The van der Waals surface area contributed by atoms with Crippen molar-refractivity contribution in [1.82, 2.24) is 0 Å². The molecule has 0 bridgehead atoms. The summed E-state index contributed by atoms with van der Waals surface area (Å²) in [6, 6.07) is 17.1. The average molecular weight is 406 g/mol. The summed E-state index contributed by atoms with van der Waals surface area (Å²) in [5.41, 5.74) is 0.957. The number of carbonyl (C=O) groups excluding carboxylic acids is 2. The van der Waals surface area contributed by atoms with E-state index in [0.717, 1.165) is 5.56 Å². The molecule has 0 N–H and O–H groups in total. The number of allylic oxidation sites excluding steroid dienone is 1. The van der Waals surface area contributed by atoms with Crippen molar-refractivity contribution in [3.05, 3.63) is 95.3 Å². The summed E-state index contributed by atoms with van der Waals surface area (Å²) in [5, 5.41) is 0. The van der Waals surface area contributed by atoms with Crippen LogP contribution in [-0.2, 0) is 0 Å². The monoisotopic (exact) mass is 406 g/mol. The van der Waals surface area contributed by atoms with Crippen molar-refractivity contribution in [3.8, 4) is 17.2 Å². The fourth-order valence-electron chi connectivity index (χ4n) is 2.70. The second kappa shape index (κ2) is 9.52. The fraction of sp³-hybridized carbons (Fsp3) is 0.0833. The molecule has 3 aromatic carbocycles. The quantitative estimate of drug-likeness (QED) is 0.240. The van der Waals surface area contributed by atoms with Gasteiger partial charge in [0.25, 0.3) is 0 Å². The van der Waals surface area contributed by atoms with E-state index in [2.05, 4.69) is 0 Å². The van der Waals surface area contributed by atoms with E-state index < -0.39 is 11.8 Å². The Morgan fingerprint density at radius 1 is 0.833 bits per heavy atom. The molecule has 5 nitrogen and oxygen atoms in total. The van der Waals surface area contributed by atoms with Crippen molar-refractivity contribution in [1.29, 1.82) is 0 Å². The van der Waals surface area contributed by atoms with Crippen LogP contribution in [0.5, 0.6) is 17.2 Å². The molecule has 3 aromatic rings. The van der Waals surface area contributed by atoms with Crippen LogP contribution in [0.4, 0.5) is 4.39 Å². The molecule has 0 amide bonds. The Bertz CT molecular complexity index is 1090. The van der Waals surface area contributed by atoms with Crippen molar-refractivity contribution in [2.75, 3.05) is 14.2 Å². The second-order valence-corrected chi connectivity index (χ2v) is 6.20. The summed E-state index contributed by atoms with van der Waals surface area (Å²) >= 11 is 0. The first-order valence-electron chi connectivity index (χ1n) is 9.03. The molecular weight excluding hydrogens is 387 g/mol. The SMILES string of the molecule is COc1ccc(OC)c(C(=O)C=Cc2ccc(OC(=O)c3ccccc3F)cc2)c1. The number of esters is 1. The normalized spacial score (nSPS) is 10.6. The van der Waals surface area contributed by atoms with Gasteiger partial charge in [-0.05, 0) is 54.1 Å². The van der Waals surface area contributed by atoms with Crippen molar-refractivity contribution >= 4 is 17.8 Å². The van der Waals surface area contributed by atoms with E-state index >= 15 is 0 Å². The predicted molar refractivity (Wildman–Crippen MR) is 111 cm³/mol. The topological polar surface area (TPSA) is 61.8 Å². The number of hydrogen-bond acceptors (Lipinski definition) is 5. The molecule has 0 aliphatic heterocycles. The fourth-order valence-corrected chi connectivity index (χ4v) is 2.70. The Morgan fingerprint density at radius 2 is 1.53 bits per heavy atom. The molecule has 0 saturated heterocycles. The van der Waals surface area contributed by atoms with Crippen molar-refractivity contribution < 1.29 is 28.2 Å². The van der Waals surface area contributed by atoms with Gasteiger partial charge in [-0.15, -0.1) is 0 Å². The molecule has 152 valence electrons. The van der Waals surface area contributed by atoms with Crippen LogP contribution < -0.4 is 14.2 Å². The highest BCUT2D eigenvalue weighted by Crippen LogP contribution is 2.25. The highest BCUT2D eigenvalue weighted by Gasteiger charge is 2.13. The van der Waals surface area contributed by atoms with Gasteiger partial charge in [-0.25, -0.2) is 9.18 Å². The Labute approximate surface area is 173 Å². The number of methoxy groups -OCH3 is 2. The van der Waals surface area contributed by atoms with Crippen molar-refractivity contribution in [2.45, 2.75) is 0 Å². The third kappa shape index (κ3) is 4.91. The Kier molecular flexibility index (Phi) is 6.60. The molecule has 6 heteroatoms. The molecule has 0 fully saturated rings. The summed E-state index contributed by atoms with van der Waals surface area (Å²) < 4.78 is 29.2. The summed E-state index contributed by atoms with van der Waals surface area (Å²) in [7, 11) is 3.01. The van der Waals surface area contributed by atoms with Crippen LogP contribution in [0, 0.1) is 5.82 Å². The lowest BCUT2D eigenvalue weighted by Gasteiger charge is -2.08. The number of hydrogen-bond donors (Lipinski definition) is 0. The molecular formula is C24H19FO5. The number of carbonyl (C=O) groups is 2. The lowest BCUT2D eigenvalue weighted by molar-refractivity contribution is 0.0729. The first kappa shape index (κ1) is 20.8. The van der Waals surface area contributed by atoms with E-state index in [-0.39, 0.29) is 17.1 Å². The summed E-state index contributed by atoms with van der Waals surface area (Å²) in [6.07, 6.45) is 3.04. The largest absolute Gasteiger partial charge is 0.497 e. The predicted octanol–water partition coefficient (Wildman–Crippen LogP) is 4.96. The zero-order valence-electron chi connectivity index (χ0n) is 16.4. The molecule has 0 heterocycles. The van der Waals surface area contributed by atoms with E-state index in [1.165, 1.54) is 38.5 Å². The van der Waals surface area contributed by atoms with E-state index in [1.54, 1.807) is 54.6 Å². The van der Waals surface area contributed by atoms with Crippen LogP contribution in [0.1, 0.15) is 26.3 Å². The molecule has 0 atom stereocenters. The lowest BCUT2D eigenvalue weighted by Crippen LogP contribution is -2.10. The molecule has 0 saturated carbocycles. The summed E-state index contributed by atoms with van der Waals surface area (Å²) in [5.74, 6) is -0.415. The Hall–Kier alpha value is -3.93. The smallest absolute Gasteiger partial charge is 0.346 e. The van der Waals surface area contributed by atoms with Crippen LogP contribution in [-0.4, -0.2) is 26.0 Å². The molecule has 0 spiro atoms. The van der Waals surface area contributed by atoms with Crippen LogP contribution in [0.15, 0.2) is 72.8 Å². The van der Waals surface area contributed by atoms with E-state index in [0.29, 0.717) is 17.1 Å². The maximum atomic E-state index is 13.7. The number of ketones is 1. The molecule has 0 aliphatic carbocycles. The first-order valence-corrected chi connectivity index (χ1v) is 9.03. The van der Waals surface area contributed by atoms with Gasteiger partial charge >= 0.3 is 5.97 Å². The number of rotatable bonds is 7. The van der Waals surface area contributed by atoms with Crippen LogP contribution in [0.25, 0.3) is 6.08 Å². The minimum absolute atomic E-state index is 0.140. The molecule has 3 rings (SSSR count). The number of ether oxygens (including phenoxy) is 3. The number of halogens is 1. The van der Waals surface area contributed by atoms with Gasteiger partial charge < -0.3 is 14.2 Å². The second-order valence-electron chi connectivity index (χ2n) is 6.20. The van der Waals surface area contributed by atoms with Crippen molar-refractivity contribution in [3.63, 3.8) is 0 Å². The molecule has 30 heavy (non-hydrogen) atoms. The van der Waals surface area contributed by atoms with Crippen LogP contribution in [0.3, 0.4) is 0 Å². The third-order valence-electron chi connectivity index (χ3n) is 4.28. The number of benzene rings is 3. The molecule has 0 aliphatic rings. The highest BCUT2D eigenvalue weighted by molar-refractivity contribution is 6.08. The summed E-state index contributed by atoms with van der Waals surface area (Å²) in [4.78, 5) is 24.6. The van der Waals surface area contributed by atoms with Crippen LogP contribution in [0.2, 0.25) is 0 Å². The zero-order valence-corrected chi connectivity index (χ0v) is 16.4. The Morgan fingerprint density at radius 3 is 2.20 bits per heavy atom. The van der Waals surface area contributed by atoms with Gasteiger partial charge in [0.05, 0.1) is 25.3 Å². The molecule has 0 aromatic heterocycles. The van der Waals surface area contributed by atoms with Gasteiger partial charge in [-0.1, -0.05) is 30.3 Å². The summed E-state index contributed by atoms with van der Waals surface area (Å²) in [6.45, 7) is 0. The van der Waals surface area contributed by atoms with E-state index in [4.69, 9.17) is 14.2 Å². The maximum Gasteiger partial charge on any atom is 0.346 e. The van der Waals surface area contributed by atoms with Gasteiger partial charge in [0.15, 0.2) is 5.78 Å². The molecule has 0 unspecified atom stereocenters. The zero-order chi connectivity index (χ0) is 21.5.